The van der Waals surface area contributed by atoms with Crippen molar-refractivity contribution in [1.82, 2.24) is 9.97 Å². The summed E-state index contributed by atoms with van der Waals surface area (Å²) in [7, 11) is 0. The number of benzene rings is 2. The minimum atomic E-state index is -0.302. The number of hydrogen-bond acceptors (Lipinski definition) is 4. The second-order valence-electron chi connectivity index (χ2n) is 4.43. The van der Waals surface area contributed by atoms with Gasteiger partial charge in [-0.3, -0.25) is 4.79 Å². The predicted octanol–water partition coefficient (Wildman–Crippen LogP) is 3.23. The third-order valence-electron chi connectivity index (χ3n) is 3.03. The predicted molar refractivity (Wildman–Crippen MR) is 86.0 cm³/mol. The molecule has 0 bridgehead atoms. The first kappa shape index (κ1) is 13.5. The van der Waals surface area contributed by atoms with E-state index in [0.717, 1.165) is 15.4 Å². The summed E-state index contributed by atoms with van der Waals surface area (Å²) < 4.78 is 0.823. The molecule has 0 aliphatic rings. The number of anilines is 2. The molecule has 104 valence electrons. The maximum atomic E-state index is 12.3. The standard InChI is InChI=1S/C15H11BrN4O/c16-9-5-6-10(12(17)7-9)15(21)20-14-11-3-1-2-4-13(11)18-8-19-14/h1-8H,17H2,(H,18,19,20,21). The van der Waals surface area contributed by atoms with Crippen LogP contribution in [0.15, 0.2) is 53.3 Å². The number of nitrogen functional groups attached to an aromatic ring is 1. The zero-order valence-corrected chi connectivity index (χ0v) is 12.5. The zero-order chi connectivity index (χ0) is 14.8. The van der Waals surface area contributed by atoms with Gasteiger partial charge in [-0.2, -0.15) is 0 Å². The molecule has 0 saturated carbocycles. The molecular weight excluding hydrogens is 332 g/mol. The van der Waals surface area contributed by atoms with Gasteiger partial charge < -0.3 is 11.1 Å². The van der Waals surface area contributed by atoms with Crippen LogP contribution in [-0.2, 0) is 0 Å². The number of halogens is 1. The van der Waals surface area contributed by atoms with Crippen molar-refractivity contribution in [3.63, 3.8) is 0 Å². The number of para-hydroxylation sites is 1. The lowest BCUT2D eigenvalue weighted by atomic mass is 10.1. The highest BCUT2D eigenvalue weighted by Gasteiger charge is 2.12. The Morgan fingerprint density at radius 3 is 2.76 bits per heavy atom. The highest BCUT2D eigenvalue weighted by Crippen LogP contribution is 2.22. The Hall–Kier alpha value is -2.47. The molecule has 2 aromatic carbocycles. The van der Waals surface area contributed by atoms with E-state index in [0.29, 0.717) is 17.1 Å². The van der Waals surface area contributed by atoms with Crippen LogP contribution in [0, 0.1) is 0 Å². The van der Waals surface area contributed by atoms with E-state index >= 15 is 0 Å². The number of aromatic nitrogens is 2. The molecule has 3 N–H and O–H groups in total. The van der Waals surface area contributed by atoms with Gasteiger partial charge in [0, 0.05) is 15.5 Å². The van der Waals surface area contributed by atoms with E-state index in [1.807, 2.05) is 24.3 Å². The Kier molecular flexibility index (Phi) is 3.53. The number of nitrogens with one attached hydrogen (secondary N) is 1. The molecule has 3 aromatic rings. The van der Waals surface area contributed by atoms with E-state index in [1.165, 1.54) is 6.33 Å². The average Bonchev–Trinajstić information content (AvgIpc) is 2.47. The van der Waals surface area contributed by atoms with E-state index in [4.69, 9.17) is 5.73 Å². The van der Waals surface area contributed by atoms with E-state index in [2.05, 4.69) is 31.2 Å². The fourth-order valence-corrected chi connectivity index (χ4v) is 2.40. The number of rotatable bonds is 2. The summed E-state index contributed by atoms with van der Waals surface area (Å²) >= 11 is 3.31. The molecule has 0 aliphatic carbocycles. The lowest BCUT2D eigenvalue weighted by Gasteiger charge is -2.09. The van der Waals surface area contributed by atoms with Gasteiger partial charge in [-0.05, 0) is 30.3 Å². The van der Waals surface area contributed by atoms with Crippen LogP contribution in [0.3, 0.4) is 0 Å². The number of nitrogens with two attached hydrogens (primary N) is 1. The average molecular weight is 343 g/mol. The monoisotopic (exact) mass is 342 g/mol. The van der Waals surface area contributed by atoms with Crippen molar-refractivity contribution in [2.75, 3.05) is 11.1 Å². The summed E-state index contributed by atoms with van der Waals surface area (Å²) in [5, 5.41) is 3.56. The Balaban J connectivity index is 1.97. The lowest BCUT2D eigenvalue weighted by molar-refractivity contribution is 0.102. The van der Waals surface area contributed by atoms with Crippen molar-refractivity contribution >= 4 is 44.2 Å². The number of nitrogens with zero attached hydrogens (tertiary/aromatic N) is 2. The Labute approximate surface area is 129 Å². The highest BCUT2D eigenvalue weighted by molar-refractivity contribution is 9.10. The Morgan fingerprint density at radius 2 is 1.95 bits per heavy atom. The number of carbonyl (C=O) groups excluding carboxylic acids is 1. The molecule has 6 heteroatoms. The number of carbonyl (C=O) groups is 1. The first-order chi connectivity index (χ1) is 10.1. The largest absolute Gasteiger partial charge is 0.398 e. The minimum Gasteiger partial charge on any atom is -0.398 e. The van der Waals surface area contributed by atoms with Crippen molar-refractivity contribution < 1.29 is 4.79 Å². The summed E-state index contributed by atoms with van der Waals surface area (Å²) in [5.41, 5.74) is 7.44. The summed E-state index contributed by atoms with van der Waals surface area (Å²) in [5.74, 6) is 0.164. The molecule has 1 heterocycles. The van der Waals surface area contributed by atoms with E-state index in [9.17, 15) is 4.79 Å². The van der Waals surface area contributed by atoms with Gasteiger partial charge in [0.15, 0.2) is 0 Å². The maximum Gasteiger partial charge on any atom is 0.258 e. The smallest absolute Gasteiger partial charge is 0.258 e. The van der Waals surface area contributed by atoms with Gasteiger partial charge in [-0.25, -0.2) is 9.97 Å². The maximum absolute atomic E-state index is 12.3. The topological polar surface area (TPSA) is 80.9 Å². The first-order valence-corrected chi connectivity index (χ1v) is 7.00. The third kappa shape index (κ3) is 2.71. The van der Waals surface area contributed by atoms with Crippen molar-refractivity contribution in [3.05, 3.63) is 58.8 Å². The molecule has 5 nitrogen and oxygen atoms in total. The van der Waals surface area contributed by atoms with Crippen molar-refractivity contribution in [1.29, 1.82) is 0 Å². The van der Waals surface area contributed by atoms with Crippen molar-refractivity contribution in [2.45, 2.75) is 0 Å². The van der Waals surface area contributed by atoms with Gasteiger partial charge in [-0.15, -0.1) is 0 Å². The van der Waals surface area contributed by atoms with Crippen molar-refractivity contribution in [2.24, 2.45) is 0 Å². The van der Waals surface area contributed by atoms with Crippen LogP contribution in [0.2, 0.25) is 0 Å². The molecule has 0 saturated heterocycles. The van der Waals surface area contributed by atoms with Gasteiger partial charge in [0.1, 0.15) is 12.1 Å². The van der Waals surface area contributed by atoms with Crippen LogP contribution in [0.5, 0.6) is 0 Å². The molecule has 3 rings (SSSR count). The summed E-state index contributed by atoms with van der Waals surface area (Å²) in [4.78, 5) is 20.6. The molecule has 0 aliphatic heterocycles. The second-order valence-corrected chi connectivity index (χ2v) is 5.34. The Bertz CT molecular complexity index is 830. The minimum absolute atomic E-state index is 0.302. The molecule has 0 spiro atoms. The quantitative estimate of drug-likeness (QED) is 0.700. The molecule has 0 atom stereocenters. The molecule has 21 heavy (non-hydrogen) atoms. The summed E-state index contributed by atoms with van der Waals surface area (Å²) in [6.07, 6.45) is 1.42. The third-order valence-corrected chi connectivity index (χ3v) is 3.53. The second kappa shape index (κ2) is 5.49. The number of fused-ring (bicyclic) bond motifs is 1. The van der Waals surface area contributed by atoms with Crippen LogP contribution in [0.25, 0.3) is 10.9 Å². The first-order valence-electron chi connectivity index (χ1n) is 6.21. The lowest BCUT2D eigenvalue weighted by Crippen LogP contribution is -2.15. The fourth-order valence-electron chi connectivity index (χ4n) is 2.02. The highest BCUT2D eigenvalue weighted by atomic mass is 79.9. The molecule has 0 radical (unpaired) electrons. The SMILES string of the molecule is Nc1cc(Br)ccc1C(=O)Nc1ncnc2ccccc12. The van der Waals surface area contributed by atoms with E-state index in [1.54, 1.807) is 18.2 Å². The van der Waals surface area contributed by atoms with E-state index in [-0.39, 0.29) is 5.91 Å². The molecule has 1 amide bonds. The fraction of sp³-hybridized carbons (Fsp3) is 0. The van der Waals surface area contributed by atoms with Crippen LogP contribution < -0.4 is 11.1 Å². The number of amides is 1. The molecule has 0 unspecified atom stereocenters. The van der Waals surface area contributed by atoms with Crippen molar-refractivity contribution in [3.8, 4) is 0 Å². The van der Waals surface area contributed by atoms with E-state index < -0.39 is 0 Å². The van der Waals surface area contributed by atoms with Gasteiger partial charge >= 0.3 is 0 Å². The van der Waals surface area contributed by atoms with Gasteiger partial charge in [0.2, 0.25) is 0 Å². The number of hydrogen-bond donors (Lipinski definition) is 2. The normalized spacial score (nSPS) is 10.5. The van der Waals surface area contributed by atoms with Crippen LogP contribution in [0.1, 0.15) is 10.4 Å². The van der Waals surface area contributed by atoms with Crippen LogP contribution >= 0.6 is 15.9 Å². The Morgan fingerprint density at radius 1 is 1.14 bits per heavy atom. The zero-order valence-electron chi connectivity index (χ0n) is 10.9. The molecule has 0 fully saturated rings. The van der Waals surface area contributed by atoms with Crippen LogP contribution in [0.4, 0.5) is 11.5 Å². The van der Waals surface area contributed by atoms with Gasteiger partial charge in [0.25, 0.3) is 5.91 Å². The van der Waals surface area contributed by atoms with Gasteiger partial charge in [0.05, 0.1) is 11.1 Å². The molecule has 1 aromatic heterocycles. The summed E-state index contributed by atoms with van der Waals surface area (Å²) in [6, 6.07) is 12.6. The van der Waals surface area contributed by atoms with Gasteiger partial charge in [-0.1, -0.05) is 28.1 Å². The summed E-state index contributed by atoms with van der Waals surface area (Å²) in [6.45, 7) is 0. The molecular formula is C15H11BrN4O. The van der Waals surface area contributed by atoms with Crippen LogP contribution in [-0.4, -0.2) is 15.9 Å².